The molecule has 0 aliphatic carbocycles. The number of ether oxygens (including phenoxy) is 3. The summed E-state index contributed by atoms with van der Waals surface area (Å²) in [6.45, 7) is 4.60. The van der Waals surface area contributed by atoms with Gasteiger partial charge in [0.2, 0.25) is 0 Å². The van der Waals surface area contributed by atoms with Crippen LogP contribution in [-0.4, -0.2) is 54.9 Å². The summed E-state index contributed by atoms with van der Waals surface area (Å²) >= 11 is 0. The standard InChI is InChI=1S/C20H24N2O7/c1-12-15(18(23)27-3)16(13-7-5-8-14(11-13)22(25)26)17(19(24)28-4)20(2)21(12)9-6-10-29-20/h5,7-8,11,16-17H,6,9-10H2,1-4H3/t16-,17-,20-/m0/s1. The quantitative estimate of drug-likeness (QED) is 0.428. The molecule has 0 unspecified atom stereocenters. The first-order chi connectivity index (χ1) is 13.8. The van der Waals surface area contributed by atoms with Crippen molar-refractivity contribution < 1.29 is 28.7 Å². The van der Waals surface area contributed by atoms with Gasteiger partial charge in [0.25, 0.3) is 5.69 Å². The van der Waals surface area contributed by atoms with Gasteiger partial charge >= 0.3 is 11.9 Å². The summed E-state index contributed by atoms with van der Waals surface area (Å²) in [5, 5.41) is 11.3. The SMILES string of the molecule is COC(=O)C1=C(C)N2CCCO[C@@]2(C)[C@H](C(=O)OC)[C@H]1c1cccc([N+](=O)[O-])c1. The van der Waals surface area contributed by atoms with Crippen molar-refractivity contribution >= 4 is 17.6 Å². The predicted octanol–water partition coefficient (Wildman–Crippen LogP) is 2.37. The van der Waals surface area contributed by atoms with Crippen molar-refractivity contribution in [3.05, 3.63) is 51.2 Å². The Morgan fingerprint density at radius 2 is 2.03 bits per heavy atom. The lowest BCUT2D eigenvalue weighted by molar-refractivity contribution is -0.385. The number of hydrogen-bond acceptors (Lipinski definition) is 8. The second-order valence-electron chi connectivity index (χ2n) is 7.23. The fraction of sp³-hybridized carbons (Fsp3) is 0.500. The van der Waals surface area contributed by atoms with Gasteiger partial charge < -0.3 is 19.1 Å². The van der Waals surface area contributed by atoms with E-state index >= 15 is 0 Å². The van der Waals surface area contributed by atoms with Crippen molar-refractivity contribution in [2.75, 3.05) is 27.4 Å². The highest BCUT2D eigenvalue weighted by Gasteiger charge is 2.57. The third-order valence-corrected chi connectivity index (χ3v) is 5.77. The summed E-state index contributed by atoms with van der Waals surface area (Å²) in [6, 6.07) is 5.92. The van der Waals surface area contributed by atoms with Crippen LogP contribution in [0.3, 0.4) is 0 Å². The Kier molecular flexibility index (Phi) is 5.61. The molecule has 0 aromatic heterocycles. The van der Waals surface area contributed by atoms with E-state index < -0.39 is 34.4 Å². The first kappa shape index (κ1) is 20.8. The van der Waals surface area contributed by atoms with Gasteiger partial charge in [0, 0.05) is 30.3 Å². The highest BCUT2D eigenvalue weighted by molar-refractivity contribution is 5.93. The maximum Gasteiger partial charge on any atom is 0.336 e. The average molecular weight is 404 g/mol. The van der Waals surface area contributed by atoms with E-state index in [0.29, 0.717) is 24.4 Å². The molecule has 2 aliphatic heterocycles. The number of carbonyl (C=O) groups is 2. The molecule has 0 radical (unpaired) electrons. The number of fused-ring (bicyclic) bond motifs is 1. The zero-order chi connectivity index (χ0) is 21.3. The third-order valence-electron chi connectivity index (χ3n) is 5.77. The summed E-state index contributed by atoms with van der Waals surface area (Å²) in [5.74, 6) is -2.91. The Morgan fingerprint density at radius 3 is 2.66 bits per heavy atom. The second kappa shape index (κ2) is 7.82. The molecule has 0 N–H and O–H groups in total. The topological polar surface area (TPSA) is 108 Å². The summed E-state index contributed by atoms with van der Waals surface area (Å²) in [5.41, 5.74) is 0.138. The molecular weight excluding hydrogens is 380 g/mol. The van der Waals surface area contributed by atoms with Gasteiger partial charge in [0.1, 0.15) is 5.92 Å². The van der Waals surface area contributed by atoms with Crippen LogP contribution < -0.4 is 0 Å². The number of methoxy groups -OCH3 is 2. The van der Waals surface area contributed by atoms with Crippen LogP contribution in [0.25, 0.3) is 0 Å². The normalized spacial score (nSPS) is 26.6. The number of rotatable bonds is 4. The van der Waals surface area contributed by atoms with Crippen LogP contribution in [0.4, 0.5) is 5.69 Å². The van der Waals surface area contributed by atoms with E-state index in [0.717, 1.165) is 6.42 Å². The molecule has 0 spiro atoms. The Bertz CT molecular complexity index is 881. The van der Waals surface area contributed by atoms with Gasteiger partial charge in [0.15, 0.2) is 5.72 Å². The molecule has 1 aromatic carbocycles. The molecule has 0 saturated carbocycles. The van der Waals surface area contributed by atoms with Gasteiger partial charge in [-0.25, -0.2) is 4.79 Å². The fourth-order valence-corrected chi connectivity index (χ4v) is 4.46. The lowest BCUT2D eigenvalue weighted by Gasteiger charge is -2.55. The smallest absolute Gasteiger partial charge is 0.336 e. The minimum atomic E-state index is -1.07. The van der Waals surface area contributed by atoms with Crippen LogP contribution >= 0.6 is 0 Å². The maximum absolute atomic E-state index is 13.0. The number of non-ortho nitro benzene ring substituents is 1. The van der Waals surface area contributed by atoms with Crippen LogP contribution in [0.2, 0.25) is 0 Å². The number of nitro benzene ring substituents is 1. The van der Waals surface area contributed by atoms with Gasteiger partial charge in [-0.2, -0.15) is 0 Å². The van der Waals surface area contributed by atoms with Crippen molar-refractivity contribution in [3.63, 3.8) is 0 Å². The van der Waals surface area contributed by atoms with Crippen molar-refractivity contribution in [1.82, 2.24) is 4.90 Å². The molecule has 3 rings (SSSR count). The molecule has 9 heteroatoms. The Morgan fingerprint density at radius 1 is 1.31 bits per heavy atom. The number of nitro groups is 1. The van der Waals surface area contributed by atoms with Crippen LogP contribution in [0, 0.1) is 16.0 Å². The summed E-state index contributed by atoms with van der Waals surface area (Å²) in [4.78, 5) is 38.4. The van der Waals surface area contributed by atoms with Crippen molar-refractivity contribution in [1.29, 1.82) is 0 Å². The van der Waals surface area contributed by atoms with E-state index in [2.05, 4.69) is 0 Å². The molecule has 1 aromatic rings. The Balaban J connectivity index is 2.30. The Labute approximate surface area is 168 Å². The van der Waals surface area contributed by atoms with Gasteiger partial charge in [0.05, 0.1) is 31.3 Å². The first-order valence-electron chi connectivity index (χ1n) is 9.29. The van der Waals surface area contributed by atoms with Gasteiger partial charge in [-0.3, -0.25) is 14.9 Å². The molecule has 2 aliphatic rings. The van der Waals surface area contributed by atoms with Crippen LogP contribution in [0.1, 0.15) is 31.7 Å². The monoisotopic (exact) mass is 404 g/mol. The molecule has 1 fully saturated rings. The minimum Gasteiger partial charge on any atom is -0.469 e. The van der Waals surface area contributed by atoms with Gasteiger partial charge in [-0.05, 0) is 25.8 Å². The van der Waals surface area contributed by atoms with E-state index in [1.54, 1.807) is 19.9 Å². The van der Waals surface area contributed by atoms with Crippen molar-refractivity contribution in [2.45, 2.75) is 31.9 Å². The summed E-state index contributed by atoms with van der Waals surface area (Å²) < 4.78 is 16.2. The number of hydrogen-bond donors (Lipinski definition) is 0. The lowest BCUT2D eigenvalue weighted by atomic mass is 9.70. The summed E-state index contributed by atoms with van der Waals surface area (Å²) in [7, 11) is 2.53. The second-order valence-corrected chi connectivity index (χ2v) is 7.23. The van der Waals surface area contributed by atoms with Crippen molar-refractivity contribution in [2.24, 2.45) is 5.92 Å². The van der Waals surface area contributed by atoms with Crippen LogP contribution in [0.5, 0.6) is 0 Å². The average Bonchev–Trinajstić information content (AvgIpc) is 2.72. The zero-order valence-electron chi connectivity index (χ0n) is 16.8. The van der Waals surface area contributed by atoms with E-state index in [-0.39, 0.29) is 11.3 Å². The van der Waals surface area contributed by atoms with Crippen LogP contribution in [0.15, 0.2) is 35.5 Å². The van der Waals surface area contributed by atoms with E-state index in [1.807, 2.05) is 4.90 Å². The molecule has 1 saturated heterocycles. The number of allylic oxidation sites excluding steroid dienone is 1. The molecule has 0 bridgehead atoms. The van der Waals surface area contributed by atoms with E-state index in [4.69, 9.17) is 14.2 Å². The molecule has 29 heavy (non-hydrogen) atoms. The number of esters is 2. The van der Waals surface area contributed by atoms with E-state index in [9.17, 15) is 19.7 Å². The molecular formula is C20H24N2O7. The first-order valence-corrected chi connectivity index (χ1v) is 9.29. The highest BCUT2D eigenvalue weighted by atomic mass is 16.6. The highest BCUT2D eigenvalue weighted by Crippen LogP contribution is 2.50. The minimum absolute atomic E-state index is 0.134. The maximum atomic E-state index is 13.0. The number of carbonyl (C=O) groups excluding carboxylic acids is 2. The van der Waals surface area contributed by atoms with E-state index in [1.165, 1.54) is 32.4 Å². The number of nitrogens with zero attached hydrogens (tertiary/aromatic N) is 2. The van der Waals surface area contributed by atoms with Gasteiger partial charge in [-0.15, -0.1) is 0 Å². The lowest BCUT2D eigenvalue weighted by Crippen LogP contribution is -2.63. The van der Waals surface area contributed by atoms with Gasteiger partial charge in [-0.1, -0.05) is 12.1 Å². The summed E-state index contributed by atoms with van der Waals surface area (Å²) in [6.07, 6.45) is 0.733. The zero-order valence-corrected chi connectivity index (χ0v) is 16.8. The van der Waals surface area contributed by atoms with Crippen molar-refractivity contribution in [3.8, 4) is 0 Å². The molecule has 0 amide bonds. The molecule has 3 atom stereocenters. The third kappa shape index (κ3) is 3.35. The Hall–Kier alpha value is -2.94. The fourth-order valence-electron chi connectivity index (χ4n) is 4.46. The van der Waals surface area contributed by atoms with Crippen LogP contribution in [-0.2, 0) is 23.8 Å². The predicted molar refractivity (Wildman–Crippen MR) is 102 cm³/mol. The largest absolute Gasteiger partial charge is 0.469 e. The molecule has 9 nitrogen and oxygen atoms in total. The molecule has 2 heterocycles. The molecule has 156 valence electrons. The number of benzene rings is 1.